The molecule has 1 aromatic carbocycles. The Bertz CT molecular complexity index is 603. The first-order valence-electron chi connectivity index (χ1n) is 8.60. The highest BCUT2D eigenvalue weighted by molar-refractivity contribution is 6.33. The second-order valence-electron chi connectivity index (χ2n) is 5.78. The van der Waals surface area contributed by atoms with Gasteiger partial charge in [0.2, 0.25) is 0 Å². The zero-order valence-electron chi connectivity index (χ0n) is 15.4. The third kappa shape index (κ3) is 6.21. The number of nitrogens with zero attached hydrogens (tertiary/aromatic N) is 1. The van der Waals surface area contributed by atoms with Crippen molar-refractivity contribution in [2.24, 2.45) is 0 Å². The number of ketones is 1. The lowest BCUT2D eigenvalue weighted by Crippen LogP contribution is -2.35. The first-order chi connectivity index (χ1) is 11.8. The minimum Gasteiger partial charge on any atom is -0.482 e. The van der Waals surface area contributed by atoms with Gasteiger partial charge in [-0.3, -0.25) is 9.59 Å². The van der Waals surface area contributed by atoms with Crippen LogP contribution in [0.4, 0.5) is 5.69 Å². The van der Waals surface area contributed by atoms with E-state index in [1.54, 1.807) is 0 Å². The zero-order chi connectivity index (χ0) is 19.0. The number of carbonyl (C=O) groups excluding carboxylic acids is 2. The summed E-state index contributed by atoms with van der Waals surface area (Å²) < 4.78 is 5.72. The van der Waals surface area contributed by atoms with Crippen LogP contribution in [0, 0.1) is 0 Å². The molecule has 140 valence electrons. The van der Waals surface area contributed by atoms with E-state index in [2.05, 4.69) is 24.1 Å². The highest BCUT2D eigenvalue weighted by Gasteiger charge is 2.20. The van der Waals surface area contributed by atoms with Gasteiger partial charge in [0.15, 0.2) is 11.9 Å². The molecule has 6 nitrogen and oxygen atoms in total. The summed E-state index contributed by atoms with van der Waals surface area (Å²) in [6, 6.07) is 2.97. The molecule has 7 heteroatoms. The van der Waals surface area contributed by atoms with Crippen molar-refractivity contribution in [2.45, 2.75) is 40.2 Å². The third-order valence-electron chi connectivity index (χ3n) is 4.04. The van der Waals surface area contributed by atoms with Crippen molar-refractivity contribution < 1.29 is 14.3 Å². The molecule has 3 N–H and O–H groups in total. The fourth-order valence-corrected chi connectivity index (χ4v) is 2.58. The molecule has 25 heavy (non-hydrogen) atoms. The summed E-state index contributed by atoms with van der Waals surface area (Å²) in [7, 11) is 0. The second-order valence-corrected chi connectivity index (χ2v) is 6.19. The van der Waals surface area contributed by atoms with Crippen LogP contribution in [0.5, 0.6) is 5.75 Å². The lowest BCUT2D eigenvalue weighted by atomic mass is 10.1. The lowest BCUT2D eigenvalue weighted by Gasteiger charge is -2.20. The van der Waals surface area contributed by atoms with Crippen LogP contribution in [0.1, 0.15) is 44.5 Å². The normalized spacial score (nSPS) is 12.1. The number of anilines is 1. The molecule has 0 aliphatic carbocycles. The number of halogens is 1. The van der Waals surface area contributed by atoms with E-state index in [4.69, 9.17) is 22.1 Å². The number of likely N-dealkylation sites (N-methyl/N-ethyl adjacent to an activating group) is 1. The van der Waals surface area contributed by atoms with Crippen molar-refractivity contribution in [3.05, 3.63) is 22.7 Å². The number of hydrogen-bond acceptors (Lipinski definition) is 5. The molecule has 0 heterocycles. The number of Topliss-reactive ketones (excluding diaryl/α,β-unsaturated/α-hetero) is 1. The molecule has 1 atom stereocenters. The summed E-state index contributed by atoms with van der Waals surface area (Å²) >= 11 is 6.06. The minimum atomic E-state index is -0.622. The second kappa shape index (κ2) is 10.3. The van der Waals surface area contributed by atoms with Crippen molar-refractivity contribution in [3.8, 4) is 5.75 Å². The van der Waals surface area contributed by atoms with E-state index >= 15 is 0 Å². The van der Waals surface area contributed by atoms with Crippen LogP contribution in [-0.2, 0) is 4.79 Å². The Kier molecular flexibility index (Phi) is 8.72. The van der Waals surface area contributed by atoms with Crippen LogP contribution >= 0.6 is 11.6 Å². The number of nitrogen functional groups attached to an aromatic ring is 1. The third-order valence-corrected chi connectivity index (χ3v) is 4.37. The average Bonchev–Trinajstić information content (AvgIpc) is 2.58. The molecule has 1 amide bonds. The van der Waals surface area contributed by atoms with Gasteiger partial charge in [-0.05, 0) is 32.5 Å². The number of nitrogens with two attached hydrogens (primary N) is 1. The number of amides is 1. The molecule has 1 unspecified atom stereocenters. The molecule has 0 aliphatic rings. The number of hydrogen-bond donors (Lipinski definition) is 2. The fourth-order valence-electron chi connectivity index (χ4n) is 2.41. The van der Waals surface area contributed by atoms with Crippen LogP contribution in [0.2, 0.25) is 5.02 Å². The average molecular weight is 370 g/mol. The monoisotopic (exact) mass is 369 g/mol. The van der Waals surface area contributed by atoms with Crippen molar-refractivity contribution in [1.82, 2.24) is 10.2 Å². The molecular formula is C18H28ClN3O3. The molecule has 0 saturated carbocycles. The van der Waals surface area contributed by atoms with Gasteiger partial charge in [-0.15, -0.1) is 0 Å². The fraction of sp³-hybridized carbons (Fsp3) is 0.556. The molecule has 0 aromatic heterocycles. The molecule has 0 aliphatic heterocycles. The number of nitrogens with one attached hydrogen (secondary N) is 1. The number of benzene rings is 1. The van der Waals surface area contributed by atoms with E-state index in [9.17, 15) is 9.59 Å². The minimum absolute atomic E-state index is 0.107. The van der Waals surface area contributed by atoms with Crippen LogP contribution in [0.15, 0.2) is 12.1 Å². The predicted octanol–water partition coefficient (Wildman–Crippen LogP) is 2.74. The topological polar surface area (TPSA) is 84.7 Å². The van der Waals surface area contributed by atoms with Gasteiger partial charge in [0.05, 0.1) is 16.3 Å². The van der Waals surface area contributed by atoms with Crippen LogP contribution in [0.3, 0.4) is 0 Å². The Morgan fingerprint density at radius 3 is 2.44 bits per heavy atom. The summed E-state index contributed by atoms with van der Waals surface area (Å²) in [6.45, 7) is 10.5. The number of ether oxygens (including phenoxy) is 1. The van der Waals surface area contributed by atoms with Gasteiger partial charge >= 0.3 is 0 Å². The van der Waals surface area contributed by atoms with Crippen LogP contribution in [0.25, 0.3) is 0 Å². The van der Waals surface area contributed by atoms with Gasteiger partial charge in [-0.2, -0.15) is 0 Å². The standard InChI is InChI=1S/C18H28ClN3O3/c1-5-16(12(4)23)25-17-11-15(20)14(19)10-13(17)18(24)21-8-9-22(6-2)7-3/h10-11,16H,5-9,20H2,1-4H3,(H,21,24). The van der Waals surface area contributed by atoms with Crippen molar-refractivity contribution >= 4 is 29.0 Å². The van der Waals surface area contributed by atoms with Crippen molar-refractivity contribution in [3.63, 3.8) is 0 Å². The Labute approximate surface area is 154 Å². The van der Waals surface area contributed by atoms with Gasteiger partial charge in [0.1, 0.15) is 5.75 Å². The highest BCUT2D eigenvalue weighted by atomic mass is 35.5. The maximum absolute atomic E-state index is 12.5. The van der Waals surface area contributed by atoms with Gasteiger partial charge in [-0.1, -0.05) is 32.4 Å². The number of rotatable bonds is 10. The smallest absolute Gasteiger partial charge is 0.255 e. The van der Waals surface area contributed by atoms with Crippen LogP contribution < -0.4 is 15.8 Å². The van der Waals surface area contributed by atoms with Crippen LogP contribution in [-0.4, -0.2) is 48.9 Å². The summed E-state index contributed by atoms with van der Waals surface area (Å²) in [5.74, 6) is -0.143. The largest absolute Gasteiger partial charge is 0.482 e. The van der Waals surface area contributed by atoms with E-state index < -0.39 is 6.10 Å². The van der Waals surface area contributed by atoms with E-state index in [0.717, 1.165) is 19.6 Å². The Balaban J connectivity index is 2.94. The summed E-state index contributed by atoms with van der Waals surface area (Å²) in [4.78, 5) is 26.4. The number of carbonyl (C=O) groups is 2. The molecule has 1 rings (SSSR count). The van der Waals surface area contributed by atoms with E-state index in [-0.39, 0.29) is 28.0 Å². The maximum Gasteiger partial charge on any atom is 0.255 e. The molecule has 0 fully saturated rings. The van der Waals surface area contributed by atoms with Crippen molar-refractivity contribution in [1.29, 1.82) is 0 Å². The summed E-state index contributed by atoms with van der Waals surface area (Å²) in [5.41, 5.74) is 6.40. The van der Waals surface area contributed by atoms with E-state index in [1.165, 1.54) is 19.1 Å². The van der Waals surface area contributed by atoms with Gasteiger partial charge < -0.3 is 20.7 Å². The molecule has 0 bridgehead atoms. The Morgan fingerprint density at radius 2 is 1.92 bits per heavy atom. The van der Waals surface area contributed by atoms with E-state index in [0.29, 0.717) is 18.7 Å². The van der Waals surface area contributed by atoms with Gasteiger partial charge in [-0.25, -0.2) is 0 Å². The quantitative estimate of drug-likeness (QED) is 0.619. The predicted molar refractivity (Wildman–Crippen MR) is 101 cm³/mol. The van der Waals surface area contributed by atoms with Gasteiger partial charge in [0, 0.05) is 19.2 Å². The Hall–Kier alpha value is -1.79. The summed E-state index contributed by atoms with van der Waals surface area (Å²) in [5, 5.41) is 3.14. The SMILES string of the molecule is CCC(Oc1cc(N)c(Cl)cc1C(=O)NCCN(CC)CC)C(C)=O. The molecule has 1 aromatic rings. The van der Waals surface area contributed by atoms with Crippen molar-refractivity contribution in [2.75, 3.05) is 31.9 Å². The van der Waals surface area contributed by atoms with Gasteiger partial charge in [0.25, 0.3) is 5.91 Å². The Morgan fingerprint density at radius 1 is 1.28 bits per heavy atom. The molecule has 0 radical (unpaired) electrons. The summed E-state index contributed by atoms with van der Waals surface area (Å²) in [6.07, 6.45) is -0.122. The van der Waals surface area contributed by atoms with E-state index in [1.807, 2.05) is 6.92 Å². The lowest BCUT2D eigenvalue weighted by molar-refractivity contribution is -0.123. The maximum atomic E-state index is 12.5. The molecule has 0 spiro atoms. The highest BCUT2D eigenvalue weighted by Crippen LogP contribution is 2.30. The zero-order valence-corrected chi connectivity index (χ0v) is 16.2. The first kappa shape index (κ1) is 21.3. The first-order valence-corrected chi connectivity index (χ1v) is 8.98. The molecular weight excluding hydrogens is 342 g/mol. The molecule has 0 saturated heterocycles.